The molecule has 0 radical (unpaired) electrons. The highest BCUT2D eigenvalue weighted by Crippen LogP contribution is 2.26. The molecule has 7 nitrogen and oxygen atoms in total. The van der Waals surface area contributed by atoms with Gasteiger partial charge in [-0.3, -0.25) is 9.59 Å². The van der Waals surface area contributed by atoms with Gasteiger partial charge in [-0.25, -0.2) is 4.98 Å². The van der Waals surface area contributed by atoms with Crippen LogP contribution in [-0.2, 0) is 24.2 Å². The summed E-state index contributed by atoms with van der Waals surface area (Å²) in [5.41, 5.74) is 4.17. The number of rotatable bonds is 4. The van der Waals surface area contributed by atoms with Gasteiger partial charge in [-0.2, -0.15) is 0 Å². The van der Waals surface area contributed by atoms with E-state index in [9.17, 15) is 4.79 Å². The van der Waals surface area contributed by atoms with Crippen molar-refractivity contribution < 1.29 is 19.1 Å². The van der Waals surface area contributed by atoms with Gasteiger partial charge in [0.15, 0.2) is 5.89 Å². The van der Waals surface area contributed by atoms with Crippen molar-refractivity contribution in [3.8, 4) is 0 Å². The molecule has 0 unspecified atom stereocenters. The van der Waals surface area contributed by atoms with E-state index in [1.54, 1.807) is 0 Å². The minimum atomic E-state index is -0.833. The Morgan fingerprint density at radius 1 is 1.09 bits per heavy atom. The predicted molar refractivity (Wildman–Crippen MR) is 129 cm³/mol. The number of oxazole rings is 1. The van der Waals surface area contributed by atoms with Gasteiger partial charge in [-0.05, 0) is 55.1 Å². The van der Waals surface area contributed by atoms with Gasteiger partial charge in [0.25, 0.3) is 11.9 Å². The van der Waals surface area contributed by atoms with E-state index >= 15 is 0 Å². The quantitative estimate of drug-likeness (QED) is 0.609. The number of piperidine rings is 1. The zero-order valence-electron chi connectivity index (χ0n) is 19.5. The number of fused-ring (bicyclic) bond motifs is 1. The number of hydrogen-bond acceptors (Lipinski definition) is 5. The normalized spacial score (nSPS) is 15.7. The second-order valence-corrected chi connectivity index (χ2v) is 8.78. The summed E-state index contributed by atoms with van der Waals surface area (Å²) in [7, 11) is 0. The number of nitrogens with zero attached hydrogens (tertiary/aromatic N) is 2. The highest BCUT2D eigenvalue weighted by atomic mass is 16.4. The zero-order chi connectivity index (χ0) is 23.9. The van der Waals surface area contributed by atoms with Gasteiger partial charge in [0, 0.05) is 31.9 Å². The van der Waals surface area contributed by atoms with Crippen molar-refractivity contribution in [1.29, 1.82) is 0 Å². The molecule has 2 aromatic carbocycles. The van der Waals surface area contributed by atoms with Crippen LogP contribution in [0.3, 0.4) is 0 Å². The van der Waals surface area contributed by atoms with E-state index in [4.69, 9.17) is 14.3 Å². The molecule has 7 heteroatoms. The van der Waals surface area contributed by atoms with E-state index in [1.165, 1.54) is 24.0 Å². The van der Waals surface area contributed by atoms with Crippen molar-refractivity contribution >= 4 is 11.9 Å². The van der Waals surface area contributed by atoms with Crippen LogP contribution in [0, 0.1) is 0 Å². The van der Waals surface area contributed by atoms with Crippen molar-refractivity contribution in [1.82, 2.24) is 15.2 Å². The number of carboxylic acids is 1. The molecular formula is C27H31N3O4. The third kappa shape index (κ3) is 6.11. The zero-order valence-corrected chi connectivity index (χ0v) is 19.5. The topological polar surface area (TPSA) is 95.7 Å². The van der Waals surface area contributed by atoms with Crippen LogP contribution >= 0.6 is 0 Å². The molecule has 1 saturated heterocycles. The number of aliphatic carboxylic acids is 1. The van der Waals surface area contributed by atoms with Crippen LogP contribution in [-0.4, -0.2) is 46.5 Å². The molecule has 0 atom stereocenters. The molecule has 0 aliphatic carbocycles. The molecule has 5 rings (SSSR count). The first-order valence-electron chi connectivity index (χ1n) is 11.8. The Balaban J connectivity index is 0.000000636. The second-order valence-electron chi connectivity index (χ2n) is 8.78. The van der Waals surface area contributed by atoms with Crippen LogP contribution in [0.5, 0.6) is 0 Å². The summed E-state index contributed by atoms with van der Waals surface area (Å²) in [5.74, 6) is 1.49. The Bertz CT molecular complexity index is 1100. The Hall–Kier alpha value is -3.45. The molecular weight excluding hydrogens is 430 g/mol. The van der Waals surface area contributed by atoms with E-state index in [2.05, 4.69) is 34.6 Å². The molecule has 1 fully saturated rings. The highest BCUT2D eigenvalue weighted by molar-refractivity contribution is 5.94. The molecule has 1 aromatic heterocycles. The van der Waals surface area contributed by atoms with Crippen LogP contribution < -0.4 is 5.32 Å². The summed E-state index contributed by atoms with van der Waals surface area (Å²) >= 11 is 0. The van der Waals surface area contributed by atoms with E-state index in [-0.39, 0.29) is 5.91 Å². The number of carbonyl (C=O) groups is 2. The molecule has 34 heavy (non-hydrogen) atoms. The van der Waals surface area contributed by atoms with Gasteiger partial charge in [-0.15, -0.1) is 0 Å². The standard InChI is InChI=1S/C25H27N3O2.C2H4O2/c29-25(21-8-6-19(7-9-21)20-10-13-26-14-11-20)28-15-12-23-22(17-28)27-24(30-23)16-18-4-2-1-3-5-18;1-2(3)4/h1-9,20,26H,10-17H2;1H3,(H,3,4). The Kier molecular flexibility index (Phi) is 7.75. The number of carboxylic acid groups (broad SMARTS) is 1. The van der Waals surface area contributed by atoms with Crippen LogP contribution in [0.15, 0.2) is 59.0 Å². The second kappa shape index (κ2) is 11.1. The maximum atomic E-state index is 13.1. The maximum absolute atomic E-state index is 13.1. The van der Waals surface area contributed by atoms with Gasteiger partial charge < -0.3 is 19.7 Å². The molecule has 0 saturated carbocycles. The van der Waals surface area contributed by atoms with Gasteiger partial charge >= 0.3 is 0 Å². The third-order valence-electron chi connectivity index (χ3n) is 6.23. The van der Waals surface area contributed by atoms with E-state index in [0.29, 0.717) is 25.4 Å². The number of nitrogens with one attached hydrogen (secondary N) is 1. The predicted octanol–water partition coefficient (Wildman–Crippen LogP) is 4.02. The lowest BCUT2D eigenvalue weighted by Crippen LogP contribution is -2.35. The van der Waals surface area contributed by atoms with E-state index in [1.807, 2.05) is 35.2 Å². The minimum absolute atomic E-state index is 0.0742. The average Bonchev–Trinajstić information content (AvgIpc) is 3.26. The molecule has 2 N–H and O–H groups in total. The Labute approximate surface area is 199 Å². The summed E-state index contributed by atoms with van der Waals surface area (Å²) in [5, 5.41) is 10.8. The smallest absolute Gasteiger partial charge is 0.300 e. The molecule has 178 valence electrons. The Morgan fingerprint density at radius 3 is 2.44 bits per heavy atom. The average molecular weight is 462 g/mol. The van der Waals surface area contributed by atoms with Gasteiger partial charge in [-0.1, -0.05) is 42.5 Å². The van der Waals surface area contributed by atoms with E-state index in [0.717, 1.165) is 49.3 Å². The number of carbonyl (C=O) groups excluding carboxylic acids is 1. The van der Waals surface area contributed by atoms with Gasteiger partial charge in [0.1, 0.15) is 11.5 Å². The molecule has 2 aliphatic rings. The molecule has 3 aromatic rings. The van der Waals surface area contributed by atoms with Crippen LogP contribution in [0.2, 0.25) is 0 Å². The lowest BCUT2D eigenvalue weighted by atomic mass is 9.90. The summed E-state index contributed by atoms with van der Waals surface area (Å²) < 4.78 is 5.97. The molecule has 2 aliphatic heterocycles. The largest absolute Gasteiger partial charge is 0.481 e. The lowest BCUT2D eigenvalue weighted by Gasteiger charge is -2.26. The first-order valence-corrected chi connectivity index (χ1v) is 11.8. The Morgan fingerprint density at radius 2 is 1.76 bits per heavy atom. The first-order chi connectivity index (χ1) is 16.5. The molecule has 0 bridgehead atoms. The minimum Gasteiger partial charge on any atom is -0.481 e. The van der Waals surface area contributed by atoms with Crippen molar-refractivity contribution in [2.24, 2.45) is 0 Å². The fraction of sp³-hybridized carbons (Fsp3) is 0.370. The van der Waals surface area contributed by atoms with Crippen LogP contribution in [0.4, 0.5) is 0 Å². The van der Waals surface area contributed by atoms with Crippen molar-refractivity contribution in [3.63, 3.8) is 0 Å². The summed E-state index contributed by atoms with van der Waals surface area (Å²) in [6.45, 7) is 4.42. The maximum Gasteiger partial charge on any atom is 0.300 e. The molecule has 1 amide bonds. The monoisotopic (exact) mass is 461 g/mol. The SMILES string of the molecule is CC(=O)O.O=C(c1ccc(C2CCNCC2)cc1)N1CCc2oc(Cc3ccccc3)nc2C1. The first kappa shape index (κ1) is 23.7. The summed E-state index contributed by atoms with van der Waals surface area (Å²) in [6, 6.07) is 18.4. The number of hydrogen-bond donors (Lipinski definition) is 2. The summed E-state index contributed by atoms with van der Waals surface area (Å²) in [6.07, 6.45) is 3.73. The van der Waals surface area contributed by atoms with Gasteiger partial charge in [0.05, 0.1) is 6.54 Å². The van der Waals surface area contributed by atoms with E-state index < -0.39 is 5.97 Å². The number of aromatic nitrogens is 1. The van der Waals surface area contributed by atoms with Gasteiger partial charge in [0.2, 0.25) is 0 Å². The summed E-state index contributed by atoms with van der Waals surface area (Å²) in [4.78, 5) is 28.6. The van der Waals surface area contributed by atoms with Crippen LogP contribution in [0.1, 0.15) is 64.5 Å². The van der Waals surface area contributed by atoms with Crippen molar-refractivity contribution in [3.05, 3.63) is 88.6 Å². The lowest BCUT2D eigenvalue weighted by molar-refractivity contribution is -0.134. The third-order valence-corrected chi connectivity index (χ3v) is 6.23. The van der Waals surface area contributed by atoms with Crippen molar-refractivity contribution in [2.75, 3.05) is 19.6 Å². The highest BCUT2D eigenvalue weighted by Gasteiger charge is 2.26. The molecule has 3 heterocycles. The van der Waals surface area contributed by atoms with Crippen molar-refractivity contribution in [2.45, 2.75) is 45.1 Å². The number of amides is 1. The van der Waals surface area contributed by atoms with Crippen LogP contribution in [0.25, 0.3) is 0 Å². The fourth-order valence-electron chi connectivity index (χ4n) is 4.51. The fourth-order valence-corrected chi connectivity index (χ4v) is 4.51. The number of benzene rings is 2. The molecule has 0 spiro atoms.